The number of nitrogens with zero attached hydrogens (tertiary/aromatic N) is 6. The van der Waals surface area contributed by atoms with Gasteiger partial charge >= 0.3 is 0 Å². The van der Waals surface area contributed by atoms with Crippen LogP contribution in [0.3, 0.4) is 0 Å². The molecule has 10 nitrogen and oxygen atoms in total. The zero-order valence-corrected chi connectivity index (χ0v) is 26.4. The van der Waals surface area contributed by atoms with E-state index in [0.29, 0.717) is 11.9 Å². The van der Waals surface area contributed by atoms with Gasteiger partial charge in [-0.3, -0.25) is 0 Å². The molecule has 11 heteroatoms. The van der Waals surface area contributed by atoms with E-state index in [1.807, 2.05) is 36.0 Å². The molecule has 0 radical (unpaired) electrons. The lowest BCUT2D eigenvalue weighted by Gasteiger charge is -2.32. The molecule has 0 saturated carbocycles. The first-order valence-corrected chi connectivity index (χ1v) is 16.8. The van der Waals surface area contributed by atoms with Crippen LogP contribution < -0.4 is 21.3 Å². The van der Waals surface area contributed by atoms with Gasteiger partial charge in [-0.15, -0.1) is 0 Å². The van der Waals surface area contributed by atoms with Gasteiger partial charge in [0.15, 0.2) is 11.9 Å². The van der Waals surface area contributed by atoms with Crippen molar-refractivity contribution in [2.24, 2.45) is 27.4 Å². The van der Waals surface area contributed by atoms with Crippen molar-refractivity contribution >= 4 is 46.4 Å². The van der Waals surface area contributed by atoms with E-state index in [2.05, 4.69) is 55.8 Å². The molecular formula is C32H48N8O2S. The van der Waals surface area contributed by atoms with Gasteiger partial charge in [0.25, 0.3) is 0 Å². The van der Waals surface area contributed by atoms with Crippen molar-refractivity contribution in [2.75, 3.05) is 100 Å². The third-order valence-electron chi connectivity index (χ3n) is 8.38. The number of aliphatic imine (C=N–C) groups is 2. The van der Waals surface area contributed by atoms with Gasteiger partial charge in [0.05, 0.1) is 49.2 Å². The highest BCUT2D eigenvalue weighted by molar-refractivity contribution is 7.99. The Hall–Kier alpha value is -3.15. The lowest BCUT2D eigenvalue weighted by Crippen LogP contribution is -2.42. The molecule has 43 heavy (non-hydrogen) atoms. The van der Waals surface area contributed by atoms with Crippen LogP contribution in [0.1, 0.15) is 19.8 Å². The maximum Gasteiger partial charge on any atom is 0.196 e. The highest BCUT2D eigenvalue weighted by atomic mass is 32.2. The Morgan fingerprint density at radius 3 is 1.53 bits per heavy atom. The van der Waals surface area contributed by atoms with Crippen LogP contribution in [0.25, 0.3) is 0 Å². The number of rotatable bonds is 4. The van der Waals surface area contributed by atoms with Crippen LogP contribution in [0.4, 0.5) is 22.7 Å². The first-order chi connectivity index (χ1) is 21.1. The molecule has 0 spiro atoms. The number of anilines is 2. The summed E-state index contributed by atoms with van der Waals surface area (Å²) < 4.78 is 10.9. The Labute approximate surface area is 261 Å². The first kappa shape index (κ1) is 31.3. The van der Waals surface area contributed by atoms with Gasteiger partial charge in [0.2, 0.25) is 0 Å². The minimum atomic E-state index is 0.635. The minimum Gasteiger partial charge on any atom is -0.378 e. The number of likely N-dealkylation sites (tertiary alicyclic amines) is 1. The van der Waals surface area contributed by atoms with Crippen LogP contribution in [0.5, 0.6) is 0 Å². The molecule has 2 aromatic rings. The predicted molar refractivity (Wildman–Crippen MR) is 180 cm³/mol. The average molecular weight is 609 g/mol. The quantitative estimate of drug-likeness (QED) is 0.397. The average Bonchev–Trinajstić information content (AvgIpc) is 3.07. The second-order valence-electron chi connectivity index (χ2n) is 11.4. The number of piperidine rings is 1. The monoisotopic (exact) mass is 608 g/mol. The van der Waals surface area contributed by atoms with Crippen LogP contribution >= 0.6 is 11.8 Å². The topological polar surface area (TPSA) is 108 Å². The van der Waals surface area contributed by atoms with Crippen molar-refractivity contribution in [3.05, 3.63) is 48.5 Å². The molecule has 0 unspecified atom stereocenters. The molecule has 0 aromatic heterocycles. The Morgan fingerprint density at radius 1 is 0.651 bits per heavy atom. The Balaban J connectivity index is 0.000000171. The molecule has 0 aliphatic carbocycles. The molecule has 4 N–H and O–H groups in total. The minimum absolute atomic E-state index is 0.635. The van der Waals surface area contributed by atoms with Gasteiger partial charge in [0.1, 0.15) is 0 Å². The van der Waals surface area contributed by atoms with Gasteiger partial charge in [0, 0.05) is 63.9 Å². The highest BCUT2D eigenvalue weighted by Gasteiger charge is 2.19. The number of thioether (sulfide) groups is 1. The van der Waals surface area contributed by atoms with E-state index in [-0.39, 0.29) is 0 Å². The molecule has 4 fully saturated rings. The van der Waals surface area contributed by atoms with E-state index in [4.69, 9.17) is 25.9 Å². The summed E-state index contributed by atoms with van der Waals surface area (Å²) in [5, 5.41) is 0. The molecule has 4 aliphatic heterocycles. The summed E-state index contributed by atoms with van der Waals surface area (Å²) in [6.45, 7) is 13.0. The maximum atomic E-state index is 6.26. The van der Waals surface area contributed by atoms with Gasteiger partial charge < -0.3 is 40.5 Å². The van der Waals surface area contributed by atoms with Crippen LogP contribution in [-0.4, -0.2) is 112 Å². The van der Waals surface area contributed by atoms with Crippen LogP contribution in [-0.2, 0) is 9.47 Å². The van der Waals surface area contributed by atoms with Crippen molar-refractivity contribution in [1.82, 2.24) is 9.80 Å². The number of guanidine groups is 2. The largest absolute Gasteiger partial charge is 0.378 e. The second kappa shape index (κ2) is 16.1. The summed E-state index contributed by atoms with van der Waals surface area (Å²) in [5.41, 5.74) is 16.7. The highest BCUT2D eigenvalue weighted by Crippen LogP contribution is 2.30. The summed E-state index contributed by atoms with van der Waals surface area (Å²) in [5.74, 6) is 4.33. The lowest BCUT2D eigenvalue weighted by molar-refractivity contribution is 0.122. The molecule has 0 bridgehead atoms. The van der Waals surface area contributed by atoms with Crippen LogP contribution in [0.15, 0.2) is 58.5 Å². The van der Waals surface area contributed by atoms with Gasteiger partial charge in [-0.2, -0.15) is 11.8 Å². The number of para-hydroxylation sites is 4. The fraction of sp³-hybridized carbons (Fsp3) is 0.562. The smallest absolute Gasteiger partial charge is 0.196 e. The van der Waals surface area contributed by atoms with E-state index < -0.39 is 0 Å². The van der Waals surface area contributed by atoms with Crippen molar-refractivity contribution in [3.63, 3.8) is 0 Å². The second-order valence-corrected chi connectivity index (χ2v) is 12.6. The van der Waals surface area contributed by atoms with Gasteiger partial charge in [-0.25, -0.2) is 9.98 Å². The summed E-state index contributed by atoms with van der Waals surface area (Å²) in [6.07, 6.45) is 2.39. The van der Waals surface area contributed by atoms with Crippen LogP contribution in [0, 0.1) is 5.92 Å². The van der Waals surface area contributed by atoms with E-state index in [1.54, 1.807) is 0 Å². The van der Waals surface area contributed by atoms with E-state index in [9.17, 15) is 0 Å². The molecule has 4 aliphatic rings. The number of ether oxygens (including phenoxy) is 2. The standard InChI is InChI=1S/C17H26N4O.C15H22N4OS/c1-14-6-8-21(9-7-14)17(18)19-15-4-2-3-5-16(15)20-10-12-22-13-11-20;16-15(19-7-11-21-12-8-19)17-13-3-1-2-4-14(13)18-5-9-20-10-6-18/h2-5,14H,6-13H2,1H3,(H2,18,19);1-4H,5-12H2,(H2,16,17). The van der Waals surface area contributed by atoms with E-state index >= 15 is 0 Å². The Bertz CT molecular complexity index is 1200. The van der Waals surface area contributed by atoms with Gasteiger partial charge in [-0.05, 0) is 43.0 Å². The van der Waals surface area contributed by atoms with E-state index in [1.165, 1.54) is 12.8 Å². The molecule has 0 amide bonds. The molecule has 2 aromatic carbocycles. The van der Waals surface area contributed by atoms with Crippen molar-refractivity contribution in [2.45, 2.75) is 19.8 Å². The van der Waals surface area contributed by atoms with Crippen molar-refractivity contribution in [3.8, 4) is 0 Å². The van der Waals surface area contributed by atoms with E-state index in [0.717, 1.165) is 119 Å². The third kappa shape index (κ3) is 8.93. The zero-order valence-electron chi connectivity index (χ0n) is 25.6. The summed E-state index contributed by atoms with van der Waals surface area (Å²) in [6, 6.07) is 16.5. The summed E-state index contributed by atoms with van der Waals surface area (Å²) in [7, 11) is 0. The van der Waals surface area contributed by atoms with Crippen molar-refractivity contribution < 1.29 is 9.47 Å². The Kier molecular flexibility index (Phi) is 11.7. The SMILES string of the molecule is CC1CCN(C(N)=Nc2ccccc2N2CCOCC2)CC1.NC(=Nc1ccccc1N1CCOCC1)N1CCSCC1. The predicted octanol–water partition coefficient (Wildman–Crippen LogP) is 3.72. The van der Waals surface area contributed by atoms with Gasteiger partial charge in [-0.1, -0.05) is 31.2 Å². The lowest BCUT2D eigenvalue weighted by atomic mass is 10.00. The molecule has 0 atom stereocenters. The first-order valence-electron chi connectivity index (χ1n) is 15.7. The Morgan fingerprint density at radius 2 is 1.07 bits per heavy atom. The number of hydrogen-bond donors (Lipinski definition) is 2. The zero-order chi connectivity index (χ0) is 29.9. The number of hydrogen-bond acceptors (Lipinski definition) is 7. The summed E-state index contributed by atoms with van der Waals surface area (Å²) in [4.78, 5) is 18.4. The molecular weight excluding hydrogens is 560 g/mol. The van der Waals surface area contributed by atoms with Crippen LogP contribution in [0.2, 0.25) is 0 Å². The fourth-order valence-electron chi connectivity index (χ4n) is 5.68. The van der Waals surface area contributed by atoms with Crippen molar-refractivity contribution in [1.29, 1.82) is 0 Å². The maximum absolute atomic E-state index is 6.26. The molecule has 234 valence electrons. The number of nitrogens with two attached hydrogens (primary N) is 2. The molecule has 4 heterocycles. The normalized spacial score (nSPS) is 21.0. The fourth-order valence-corrected chi connectivity index (χ4v) is 6.58. The third-order valence-corrected chi connectivity index (χ3v) is 9.32. The molecule has 6 rings (SSSR count). The molecule has 4 saturated heterocycles. The number of morpholine rings is 2. The summed E-state index contributed by atoms with van der Waals surface area (Å²) >= 11 is 1.97. The number of benzene rings is 2.